The van der Waals surface area contributed by atoms with Gasteiger partial charge in [-0.25, -0.2) is 15.0 Å². The van der Waals surface area contributed by atoms with E-state index in [1.165, 1.54) is 25.6 Å². The van der Waals surface area contributed by atoms with Gasteiger partial charge in [0.2, 0.25) is 0 Å². The predicted octanol–water partition coefficient (Wildman–Crippen LogP) is 13.9. The van der Waals surface area contributed by atoms with Gasteiger partial charge in [-0.2, -0.15) is 0 Å². The molecule has 12 aromatic rings. The van der Waals surface area contributed by atoms with Crippen molar-refractivity contribution in [3.8, 4) is 51.0 Å². The standard InChI is InChI=1S/C51H30N4OS/c1-3-12-31(13-4-1)32-22-24-33(25-23-32)49-52-50(34-26-27-38-37-17-8-10-21-44(37)57-45(38)30-34)54-51(53-49)42-19-11-18-40-41-29-28-39-36-16-7-9-20-43(36)55(35-14-5-2-6-15-35)46(39)48(41)56-47(40)42/h1-30H. The van der Waals surface area contributed by atoms with Crippen LogP contribution in [0.5, 0.6) is 0 Å². The van der Waals surface area contributed by atoms with Crippen LogP contribution in [0.15, 0.2) is 186 Å². The lowest BCUT2D eigenvalue weighted by Gasteiger charge is -2.10. The molecule has 6 heteroatoms. The molecule has 8 aromatic carbocycles. The van der Waals surface area contributed by atoms with Crippen molar-refractivity contribution in [3.63, 3.8) is 0 Å². The first kappa shape index (κ1) is 31.9. The molecule has 0 atom stereocenters. The van der Waals surface area contributed by atoms with E-state index in [0.29, 0.717) is 17.5 Å². The van der Waals surface area contributed by atoms with Gasteiger partial charge in [0.1, 0.15) is 5.58 Å². The topological polar surface area (TPSA) is 56.7 Å². The first-order chi connectivity index (χ1) is 28.2. The van der Waals surface area contributed by atoms with Gasteiger partial charge in [-0.15, -0.1) is 11.3 Å². The highest BCUT2D eigenvalue weighted by Gasteiger charge is 2.22. The van der Waals surface area contributed by atoms with Gasteiger partial charge in [0.05, 0.1) is 16.6 Å². The molecule has 57 heavy (non-hydrogen) atoms. The third-order valence-corrected chi connectivity index (χ3v) is 12.2. The Balaban J connectivity index is 1.09. The number of nitrogens with zero attached hydrogens (tertiary/aromatic N) is 4. The highest BCUT2D eigenvalue weighted by molar-refractivity contribution is 7.25. The normalized spacial score (nSPS) is 11.9. The molecule has 0 bridgehead atoms. The lowest BCUT2D eigenvalue weighted by atomic mass is 10.0. The Kier molecular flexibility index (Phi) is 7.03. The zero-order valence-electron chi connectivity index (χ0n) is 30.4. The number of rotatable bonds is 5. The Morgan fingerprint density at radius 2 is 0.965 bits per heavy atom. The molecule has 0 fully saturated rings. The number of hydrogen-bond donors (Lipinski definition) is 0. The van der Waals surface area contributed by atoms with Crippen molar-refractivity contribution in [1.82, 2.24) is 19.5 Å². The van der Waals surface area contributed by atoms with Gasteiger partial charge >= 0.3 is 0 Å². The number of para-hydroxylation sites is 3. The Hall–Kier alpha value is -7.41. The summed E-state index contributed by atoms with van der Waals surface area (Å²) in [4.78, 5) is 15.6. The van der Waals surface area contributed by atoms with Crippen LogP contribution in [-0.4, -0.2) is 19.5 Å². The zero-order chi connectivity index (χ0) is 37.5. The van der Waals surface area contributed by atoms with Crippen LogP contribution in [0.2, 0.25) is 0 Å². The Labute approximate surface area is 330 Å². The molecule has 0 saturated carbocycles. The van der Waals surface area contributed by atoms with Gasteiger partial charge in [-0.3, -0.25) is 0 Å². The molecule has 0 N–H and O–H groups in total. The first-order valence-corrected chi connectivity index (χ1v) is 19.8. The number of thiophene rings is 1. The summed E-state index contributed by atoms with van der Waals surface area (Å²) in [5.74, 6) is 1.77. The van der Waals surface area contributed by atoms with E-state index >= 15 is 0 Å². The SMILES string of the molecule is c1ccc(-c2ccc(-c3nc(-c4ccc5c(c4)sc4ccccc45)nc(-c4cccc5c4oc4c5ccc5c6ccccc6n(-c6ccccc6)c54)n3)cc2)cc1. The molecule has 0 radical (unpaired) electrons. The molecule has 0 amide bonds. The minimum atomic E-state index is 0.558. The molecule has 0 unspecified atom stereocenters. The van der Waals surface area contributed by atoms with Crippen LogP contribution < -0.4 is 0 Å². The number of aromatic nitrogens is 4. The highest BCUT2D eigenvalue weighted by atomic mass is 32.1. The minimum Gasteiger partial charge on any atom is -0.453 e. The molecular weight excluding hydrogens is 717 g/mol. The van der Waals surface area contributed by atoms with E-state index in [1.807, 2.05) is 6.07 Å². The van der Waals surface area contributed by atoms with Gasteiger partial charge in [0.25, 0.3) is 0 Å². The van der Waals surface area contributed by atoms with E-state index < -0.39 is 0 Å². The quantitative estimate of drug-likeness (QED) is 0.176. The number of fused-ring (bicyclic) bond motifs is 10. The summed E-state index contributed by atoms with van der Waals surface area (Å²) < 4.78 is 11.8. The van der Waals surface area contributed by atoms with Crippen molar-refractivity contribution < 1.29 is 4.42 Å². The van der Waals surface area contributed by atoms with Gasteiger partial charge < -0.3 is 8.98 Å². The Morgan fingerprint density at radius 1 is 0.386 bits per heavy atom. The molecule has 0 spiro atoms. The molecule has 266 valence electrons. The summed E-state index contributed by atoms with van der Waals surface area (Å²) in [6.45, 7) is 0. The predicted molar refractivity (Wildman–Crippen MR) is 236 cm³/mol. The maximum absolute atomic E-state index is 7.07. The van der Waals surface area contributed by atoms with E-state index in [0.717, 1.165) is 71.9 Å². The van der Waals surface area contributed by atoms with Crippen LogP contribution in [-0.2, 0) is 0 Å². The van der Waals surface area contributed by atoms with Gasteiger partial charge in [0.15, 0.2) is 23.1 Å². The van der Waals surface area contributed by atoms with Crippen LogP contribution >= 0.6 is 11.3 Å². The van der Waals surface area contributed by atoms with E-state index in [9.17, 15) is 0 Å². The van der Waals surface area contributed by atoms with Crippen LogP contribution in [0.1, 0.15) is 0 Å². The summed E-state index contributed by atoms with van der Waals surface area (Å²) in [5, 5.41) is 6.87. The van der Waals surface area contributed by atoms with E-state index in [1.54, 1.807) is 11.3 Å². The van der Waals surface area contributed by atoms with Crippen LogP contribution in [0.3, 0.4) is 0 Å². The van der Waals surface area contributed by atoms with Crippen LogP contribution in [0.4, 0.5) is 0 Å². The summed E-state index contributed by atoms with van der Waals surface area (Å²) in [6, 6.07) is 63.7. The van der Waals surface area contributed by atoms with E-state index in [4.69, 9.17) is 19.4 Å². The average Bonchev–Trinajstić information content (AvgIpc) is 3.96. The maximum atomic E-state index is 7.07. The molecule has 0 aliphatic heterocycles. The van der Waals surface area contributed by atoms with E-state index in [2.05, 4.69) is 180 Å². The van der Waals surface area contributed by atoms with Crippen molar-refractivity contribution in [2.75, 3.05) is 0 Å². The molecular formula is C51H30N4OS. The average molecular weight is 747 g/mol. The lowest BCUT2D eigenvalue weighted by Crippen LogP contribution is -2.00. The van der Waals surface area contributed by atoms with Crippen molar-refractivity contribution in [3.05, 3.63) is 182 Å². The van der Waals surface area contributed by atoms with Gasteiger partial charge in [0, 0.05) is 58.5 Å². The molecule has 0 aliphatic rings. The summed E-state index contributed by atoms with van der Waals surface area (Å²) in [5.41, 5.74) is 9.78. The first-order valence-electron chi connectivity index (χ1n) is 19.0. The molecule has 0 saturated heterocycles. The smallest absolute Gasteiger partial charge is 0.167 e. The monoisotopic (exact) mass is 746 g/mol. The zero-order valence-corrected chi connectivity index (χ0v) is 31.2. The fourth-order valence-electron chi connectivity index (χ4n) is 8.39. The van der Waals surface area contributed by atoms with Crippen LogP contribution in [0, 0.1) is 0 Å². The molecule has 0 aliphatic carbocycles. The highest BCUT2D eigenvalue weighted by Crippen LogP contribution is 2.43. The third kappa shape index (κ3) is 5.04. The summed E-state index contributed by atoms with van der Waals surface area (Å²) >= 11 is 1.79. The van der Waals surface area contributed by atoms with Crippen molar-refractivity contribution in [2.24, 2.45) is 0 Å². The number of furan rings is 1. The van der Waals surface area contributed by atoms with Gasteiger partial charge in [-0.1, -0.05) is 140 Å². The fourth-order valence-corrected chi connectivity index (χ4v) is 9.53. The molecule has 4 heterocycles. The molecule has 12 rings (SSSR count). The van der Waals surface area contributed by atoms with Crippen molar-refractivity contribution >= 4 is 75.3 Å². The number of hydrogen-bond acceptors (Lipinski definition) is 5. The van der Waals surface area contributed by atoms with Crippen LogP contribution in [0.25, 0.3) is 115 Å². The summed E-state index contributed by atoms with van der Waals surface area (Å²) in [6.07, 6.45) is 0. The van der Waals surface area contributed by atoms with Crippen molar-refractivity contribution in [2.45, 2.75) is 0 Å². The summed E-state index contributed by atoms with van der Waals surface area (Å²) in [7, 11) is 0. The second-order valence-corrected chi connectivity index (χ2v) is 15.5. The second kappa shape index (κ2) is 12.6. The second-order valence-electron chi connectivity index (χ2n) is 14.4. The maximum Gasteiger partial charge on any atom is 0.167 e. The van der Waals surface area contributed by atoms with Gasteiger partial charge in [-0.05, 0) is 53.6 Å². The Bertz CT molecular complexity index is 3510. The van der Waals surface area contributed by atoms with Crippen molar-refractivity contribution in [1.29, 1.82) is 0 Å². The largest absolute Gasteiger partial charge is 0.453 e. The fraction of sp³-hybridized carbons (Fsp3) is 0. The molecule has 4 aromatic heterocycles. The Morgan fingerprint density at radius 3 is 1.81 bits per heavy atom. The number of benzene rings is 8. The molecule has 5 nitrogen and oxygen atoms in total. The lowest BCUT2D eigenvalue weighted by molar-refractivity contribution is 0.671. The van der Waals surface area contributed by atoms with E-state index in [-0.39, 0.29) is 0 Å². The third-order valence-electron chi connectivity index (χ3n) is 11.1. The minimum absolute atomic E-state index is 0.558.